The molecule has 0 aliphatic rings. The summed E-state index contributed by atoms with van der Waals surface area (Å²) in [6.07, 6.45) is -2.74. The fraction of sp³-hybridized carbons (Fsp3) is 0.333. The van der Waals surface area contributed by atoms with Crippen molar-refractivity contribution >= 4 is 21.8 Å². The van der Waals surface area contributed by atoms with E-state index in [0.29, 0.717) is 11.1 Å². The summed E-state index contributed by atoms with van der Waals surface area (Å²) < 4.78 is 43.2. The van der Waals surface area contributed by atoms with E-state index in [4.69, 9.17) is 0 Å². The van der Waals surface area contributed by atoms with Crippen LogP contribution < -0.4 is 5.32 Å². The molecule has 0 saturated heterocycles. The molecular formula is C15H15BrF3N3O2. The van der Waals surface area contributed by atoms with Crippen LogP contribution in [0.25, 0.3) is 0 Å². The highest BCUT2D eigenvalue weighted by Crippen LogP contribution is 2.17. The highest BCUT2D eigenvalue weighted by molar-refractivity contribution is 9.10. The minimum Gasteiger partial charge on any atom is -0.367 e. The lowest BCUT2D eigenvalue weighted by Gasteiger charge is -2.09. The van der Waals surface area contributed by atoms with Gasteiger partial charge in [-0.25, -0.2) is 0 Å². The summed E-state index contributed by atoms with van der Waals surface area (Å²) >= 11 is 3.34. The van der Waals surface area contributed by atoms with E-state index in [-0.39, 0.29) is 19.1 Å². The predicted molar refractivity (Wildman–Crippen MR) is 84.2 cm³/mol. The van der Waals surface area contributed by atoms with Crippen LogP contribution >= 0.6 is 15.9 Å². The number of benzene rings is 1. The Balaban J connectivity index is 1.94. The molecule has 1 heterocycles. The largest absolute Gasteiger partial charge is 0.411 e. The van der Waals surface area contributed by atoms with Crippen LogP contribution in [0.4, 0.5) is 13.2 Å². The van der Waals surface area contributed by atoms with Crippen molar-refractivity contribution in [2.75, 3.05) is 6.61 Å². The highest BCUT2D eigenvalue weighted by atomic mass is 79.9. The molecule has 0 fully saturated rings. The third kappa shape index (κ3) is 5.34. The molecule has 9 heteroatoms. The molecule has 1 N–H and O–H groups in total. The van der Waals surface area contributed by atoms with Crippen LogP contribution in [0.5, 0.6) is 0 Å². The van der Waals surface area contributed by atoms with Gasteiger partial charge in [0, 0.05) is 12.6 Å². The first-order chi connectivity index (χ1) is 11.3. The lowest BCUT2D eigenvalue weighted by Crippen LogP contribution is -2.24. The number of hydrogen-bond donors (Lipinski definition) is 1. The summed E-state index contributed by atoms with van der Waals surface area (Å²) in [6, 6.07) is 6.29. The van der Waals surface area contributed by atoms with Crippen LogP contribution in [0.2, 0.25) is 0 Å². The van der Waals surface area contributed by atoms with Gasteiger partial charge in [0.2, 0.25) is 0 Å². The Kier molecular flexibility index (Phi) is 6.00. The van der Waals surface area contributed by atoms with Gasteiger partial charge >= 0.3 is 6.18 Å². The van der Waals surface area contributed by atoms with Crippen molar-refractivity contribution in [2.45, 2.75) is 19.3 Å². The Morgan fingerprint density at radius 3 is 2.79 bits per heavy atom. The molecule has 130 valence electrons. The second-order valence-electron chi connectivity index (χ2n) is 5.05. The van der Waals surface area contributed by atoms with Crippen LogP contribution in [0.3, 0.4) is 0 Å². The number of ether oxygens (including phenoxy) is 1. The van der Waals surface area contributed by atoms with Crippen LogP contribution in [0.15, 0.2) is 34.9 Å². The molecule has 0 aliphatic heterocycles. The molecule has 0 atom stereocenters. The maximum absolute atomic E-state index is 12.2. The Hall–Kier alpha value is -1.87. The number of halogens is 4. The van der Waals surface area contributed by atoms with Crippen molar-refractivity contribution in [3.8, 4) is 0 Å². The number of alkyl halides is 3. The maximum atomic E-state index is 12.2. The van der Waals surface area contributed by atoms with E-state index < -0.39 is 12.8 Å². The van der Waals surface area contributed by atoms with E-state index in [1.165, 1.54) is 6.07 Å². The Morgan fingerprint density at radius 2 is 2.17 bits per heavy atom. The molecule has 0 spiro atoms. The molecule has 0 saturated carbocycles. The van der Waals surface area contributed by atoms with Gasteiger partial charge in [-0.05, 0) is 33.6 Å². The smallest absolute Gasteiger partial charge is 0.367 e. The summed E-state index contributed by atoms with van der Waals surface area (Å²) in [7, 11) is 1.75. The van der Waals surface area contributed by atoms with Crippen molar-refractivity contribution in [3.05, 3.63) is 51.8 Å². The fourth-order valence-electron chi connectivity index (χ4n) is 1.99. The Labute approximate surface area is 144 Å². The quantitative estimate of drug-likeness (QED) is 0.802. The minimum atomic E-state index is -4.37. The first kappa shape index (κ1) is 18.5. The Morgan fingerprint density at radius 1 is 1.42 bits per heavy atom. The second kappa shape index (κ2) is 7.80. The maximum Gasteiger partial charge on any atom is 0.411 e. The number of aryl methyl sites for hydroxylation is 1. The Bertz CT molecular complexity index is 697. The molecule has 2 rings (SSSR count). The topological polar surface area (TPSA) is 56.2 Å². The summed E-state index contributed by atoms with van der Waals surface area (Å²) in [5, 5.41) is 6.78. The van der Waals surface area contributed by atoms with E-state index in [2.05, 4.69) is 31.1 Å². The first-order valence-corrected chi connectivity index (χ1v) is 7.73. The lowest BCUT2D eigenvalue weighted by atomic mass is 10.1. The molecule has 1 aromatic heterocycles. The molecule has 24 heavy (non-hydrogen) atoms. The molecule has 1 amide bonds. The van der Waals surface area contributed by atoms with Gasteiger partial charge in [-0.2, -0.15) is 18.3 Å². The molecule has 0 bridgehead atoms. The third-order valence-corrected chi connectivity index (χ3v) is 3.81. The summed E-state index contributed by atoms with van der Waals surface area (Å²) in [6.45, 7) is -1.27. The average molecular weight is 406 g/mol. The average Bonchev–Trinajstić information content (AvgIpc) is 2.83. The van der Waals surface area contributed by atoms with Gasteiger partial charge in [-0.15, -0.1) is 0 Å². The minimum absolute atomic E-state index is 0.214. The zero-order valence-electron chi connectivity index (χ0n) is 12.7. The monoisotopic (exact) mass is 405 g/mol. The number of carbonyl (C=O) groups excluding carboxylic acids is 1. The number of aromatic nitrogens is 2. The van der Waals surface area contributed by atoms with E-state index in [9.17, 15) is 18.0 Å². The fourth-order valence-corrected chi connectivity index (χ4v) is 2.48. The van der Waals surface area contributed by atoms with Gasteiger partial charge in [0.05, 0.1) is 29.5 Å². The zero-order chi connectivity index (χ0) is 17.7. The van der Waals surface area contributed by atoms with Crippen molar-refractivity contribution in [1.82, 2.24) is 15.1 Å². The molecular weight excluding hydrogens is 391 g/mol. The van der Waals surface area contributed by atoms with Crippen molar-refractivity contribution in [2.24, 2.45) is 7.05 Å². The third-order valence-electron chi connectivity index (χ3n) is 3.15. The SMILES string of the molecule is Cn1ncc(Br)c1CNC(=O)c1cccc(COCC(F)(F)F)c1. The predicted octanol–water partition coefficient (Wildman–Crippen LogP) is 3.19. The lowest BCUT2D eigenvalue weighted by molar-refractivity contribution is -0.176. The summed E-state index contributed by atoms with van der Waals surface area (Å²) in [4.78, 5) is 12.2. The zero-order valence-corrected chi connectivity index (χ0v) is 14.3. The van der Waals surface area contributed by atoms with E-state index >= 15 is 0 Å². The van der Waals surface area contributed by atoms with Crippen molar-refractivity contribution in [3.63, 3.8) is 0 Å². The number of nitrogens with one attached hydrogen (secondary N) is 1. The number of nitrogens with zero attached hydrogens (tertiary/aromatic N) is 2. The number of carbonyl (C=O) groups is 1. The molecule has 0 unspecified atom stereocenters. The first-order valence-electron chi connectivity index (χ1n) is 6.94. The van der Waals surface area contributed by atoms with Crippen molar-refractivity contribution < 1.29 is 22.7 Å². The molecule has 0 radical (unpaired) electrons. The van der Waals surface area contributed by atoms with Crippen LogP contribution in [-0.4, -0.2) is 28.5 Å². The highest BCUT2D eigenvalue weighted by Gasteiger charge is 2.27. The van der Waals surface area contributed by atoms with Gasteiger partial charge in [0.1, 0.15) is 6.61 Å². The van der Waals surface area contributed by atoms with E-state index in [0.717, 1.165) is 10.2 Å². The normalized spacial score (nSPS) is 11.5. The molecule has 5 nitrogen and oxygen atoms in total. The second-order valence-corrected chi connectivity index (χ2v) is 5.91. The molecule has 1 aromatic carbocycles. The van der Waals surface area contributed by atoms with Crippen molar-refractivity contribution in [1.29, 1.82) is 0 Å². The summed E-state index contributed by atoms with van der Waals surface area (Å²) in [5.41, 5.74) is 1.64. The summed E-state index contributed by atoms with van der Waals surface area (Å²) in [5.74, 6) is -0.333. The standard InChI is InChI=1S/C15H15BrF3N3O2/c1-22-13(12(16)6-21-22)7-20-14(23)11-4-2-3-10(5-11)8-24-9-15(17,18)19/h2-6H,7-9H2,1H3,(H,20,23). The van der Waals surface area contributed by atoms with Crippen LogP contribution in [-0.2, 0) is 24.9 Å². The molecule has 2 aromatic rings. The van der Waals surface area contributed by atoms with Crippen LogP contribution in [0, 0.1) is 0 Å². The van der Waals surface area contributed by atoms with Gasteiger partial charge < -0.3 is 10.1 Å². The van der Waals surface area contributed by atoms with E-state index in [1.54, 1.807) is 36.1 Å². The van der Waals surface area contributed by atoms with Crippen LogP contribution in [0.1, 0.15) is 21.6 Å². The van der Waals surface area contributed by atoms with Gasteiger partial charge in [0.25, 0.3) is 5.91 Å². The van der Waals surface area contributed by atoms with Gasteiger partial charge in [-0.3, -0.25) is 9.48 Å². The van der Waals surface area contributed by atoms with Gasteiger partial charge in [0.15, 0.2) is 0 Å². The van der Waals surface area contributed by atoms with Gasteiger partial charge in [-0.1, -0.05) is 12.1 Å². The van der Waals surface area contributed by atoms with E-state index in [1.807, 2.05) is 0 Å². The molecule has 0 aliphatic carbocycles. The number of amides is 1. The number of hydrogen-bond acceptors (Lipinski definition) is 3. The number of rotatable bonds is 6.